The number of aryl methyl sites for hydroxylation is 1. The van der Waals surface area contributed by atoms with E-state index in [1.165, 1.54) is 16.4 Å². The summed E-state index contributed by atoms with van der Waals surface area (Å²) in [6.07, 6.45) is 1.51. The van der Waals surface area contributed by atoms with E-state index in [9.17, 15) is 26.4 Å². The molecule has 12 heteroatoms. The minimum atomic E-state index is -4.95. The molecule has 41 heavy (non-hydrogen) atoms. The first kappa shape index (κ1) is 27.9. The van der Waals surface area contributed by atoms with Crippen LogP contribution in [0.2, 0.25) is 0 Å². The second kappa shape index (κ2) is 10.2. The number of halogens is 3. The molecule has 1 spiro atoms. The average molecular weight is 604 g/mol. The number of nitrogens with zero attached hydrogens (tertiary/aromatic N) is 2. The van der Waals surface area contributed by atoms with Gasteiger partial charge in [-0.25, -0.2) is 8.42 Å². The molecule has 1 atom stereocenters. The molecule has 1 aromatic heterocycles. The van der Waals surface area contributed by atoms with Gasteiger partial charge in [-0.1, -0.05) is 6.07 Å². The van der Waals surface area contributed by atoms with E-state index >= 15 is 0 Å². The summed E-state index contributed by atoms with van der Waals surface area (Å²) >= 11 is 1.81. The summed E-state index contributed by atoms with van der Waals surface area (Å²) in [6, 6.07) is 11.0. The second-order valence-electron chi connectivity index (χ2n) is 10.8. The number of hydrogen-bond donors (Lipinski definition) is 1. The molecular weight excluding hydrogens is 575 g/mol. The quantitative estimate of drug-likeness (QED) is 0.356. The highest BCUT2D eigenvalue weighted by molar-refractivity contribution is 7.99. The van der Waals surface area contributed by atoms with Gasteiger partial charge in [0.1, 0.15) is 5.75 Å². The van der Waals surface area contributed by atoms with Crippen LogP contribution >= 0.6 is 11.8 Å². The lowest BCUT2D eigenvalue weighted by atomic mass is 9.70. The first-order chi connectivity index (χ1) is 19.5. The molecular formula is C29H28F3N3O4S2. The van der Waals surface area contributed by atoms with Gasteiger partial charge in [0.15, 0.2) is 0 Å². The number of fused-ring (bicyclic) bond motifs is 2. The zero-order valence-electron chi connectivity index (χ0n) is 22.1. The summed E-state index contributed by atoms with van der Waals surface area (Å²) in [6.45, 7) is 1.88. The van der Waals surface area contributed by atoms with Crippen LogP contribution in [0.1, 0.15) is 47.2 Å². The number of amides is 1. The molecule has 216 valence electrons. The molecule has 2 aliphatic heterocycles. The SMILES string of the molecule is Cc1cncc(NC(=O)c2ccc3c(c2)C2(CCSCC2)C(C2CC2)N3S(=O)(=O)c2cccc(OC(F)(F)F)c2)c1. The molecule has 1 saturated carbocycles. The topological polar surface area (TPSA) is 88.6 Å². The van der Waals surface area contributed by atoms with Crippen LogP contribution in [0, 0.1) is 12.8 Å². The molecule has 6 rings (SSSR count). The summed E-state index contributed by atoms with van der Waals surface area (Å²) < 4.78 is 72.8. The van der Waals surface area contributed by atoms with E-state index in [-0.39, 0.29) is 16.7 Å². The molecule has 3 aliphatic rings. The maximum Gasteiger partial charge on any atom is 0.573 e. The number of alkyl halides is 3. The summed E-state index contributed by atoms with van der Waals surface area (Å²) in [7, 11) is -4.28. The molecule has 2 aromatic carbocycles. The van der Waals surface area contributed by atoms with Crippen LogP contribution in [-0.2, 0) is 15.4 Å². The van der Waals surface area contributed by atoms with Gasteiger partial charge in [-0.3, -0.25) is 14.1 Å². The van der Waals surface area contributed by atoms with Crippen molar-refractivity contribution in [1.82, 2.24) is 4.98 Å². The van der Waals surface area contributed by atoms with Crippen molar-refractivity contribution in [2.24, 2.45) is 5.92 Å². The van der Waals surface area contributed by atoms with Gasteiger partial charge in [0, 0.05) is 23.2 Å². The van der Waals surface area contributed by atoms with Crippen molar-refractivity contribution >= 4 is 39.1 Å². The molecule has 1 N–H and O–H groups in total. The van der Waals surface area contributed by atoms with Crippen molar-refractivity contribution in [3.05, 3.63) is 77.6 Å². The minimum absolute atomic E-state index is 0.116. The molecule has 1 amide bonds. The Kier molecular flexibility index (Phi) is 6.96. The normalized spacial score (nSPS) is 20.1. The largest absolute Gasteiger partial charge is 0.573 e. The second-order valence-corrected chi connectivity index (χ2v) is 13.9. The third-order valence-electron chi connectivity index (χ3n) is 8.03. The zero-order chi connectivity index (χ0) is 29.0. The van der Waals surface area contributed by atoms with E-state index in [0.717, 1.165) is 60.4 Å². The number of hydrogen-bond acceptors (Lipinski definition) is 6. The van der Waals surface area contributed by atoms with Gasteiger partial charge in [0.05, 0.1) is 28.5 Å². The standard InChI is InChI=1S/C29H28F3N3O4S2/c1-18-13-21(17-33-16-18)34-27(36)20-7-8-25-24(14-20)28(9-11-40-12-10-28)26(19-5-6-19)35(25)41(37,38)23-4-2-3-22(15-23)39-29(30,31)32/h2-4,7-8,13-17,19,26H,5-6,9-12H2,1H3,(H,34,36). The molecule has 0 bridgehead atoms. The Hall–Kier alpha value is -3.25. The lowest BCUT2D eigenvalue weighted by molar-refractivity contribution is -0.274. The van der Waals surface area contributed by atoms with Crippen molar-refractivity contribution in [3.8, 4) is 5.75 Å². The summed E-state index contributed by atoms with van der Waals surface area (Å²) in [5, 5.41) is 2.88. The number of carbonyl (C=O) groups is 1. The highest BCUT2D eigenvalue weighted by atomic mass is 32.2. The van der Waals surface area contributed by atoms with Gasteiger partial charge in [-0.15, -0.1) is 13.2 Å². The number of anilines is 2. The maximum absolute atomic E-state index is 14.3. The third-order valence-corrected chi connectivity index (χ3v) is 10.8. The Bertz CT molecular complexity index is 1600. The Morgan fingerprint density at radius 1 is 1.10 bits per heavy atom. The van der Waals surface area contributed by atoms with Gasteiger partial charge in [0.2, 0.25) is 0 Å². The van der Waals surface area contributed by atoms with E-state index in [2.05, 4.69) is 15.0 Å². The fourth-order valence-corrected chi connectivity index (χ4v) is 9.26. The van der Waals surface area contributed by atoms with Crippen LogP contribution in [0.3, 0.4) is 0 Å². The van der Waals surface area contributed by atoms with Crippen molar-refractivity contribution < 1.29 is 31.1 Å². The highest BCUT2D eigenvalue weighted by Gasteiger charge is 2.59. The smallest absolute Gasteiger partial charge is 0.406 e. The number of aromatic nitrogens is 1. The van der Waals surface area contributed by atoms with Gasteiger partial charge < -0.3 is 10.1 Å². The lowest BCUT2D eigenvalue weighted by Gasteiger charge is -2.41. The first-order valence-electron chi connectivity index (χ1n) is 13.3. The molecule has 7 nitrogen and oxygen atoms in total. The van der Waals surface area contributed by atoms with Gasteiger partial charge >= 0.3 is 6.36 Å². The number of pyridine rings is 1. The lowest BCUT2D eigenvalue weighted by Crippen LogP contribution is -2.50. The van der Waals surface area contributed by atoms with Crippen molar-refractivity contribution in [2.45, 2.75) is 55.3 Å². The fraction of sp³-hybridized carbons (Fsp3) is 0.379. The Morgan fingerprint density at radius 3 is 2.54 bits per heavy atom. The van der Waals surface area contributed by atoms with E-state index in [4.69, 9.17) is 0 Å². The van der Waals surface area contributed by atoms with Gasteiger partial charge in [-0.05, 0) is 97.6 Å². The van der Waals surface area contributed by atoms with Crippen molar-refractivity contribution in [1.29, 1.82) is 0 Å². The van der Waals surface area contributed by atoms with Crippen LogP contribution in [0.25, 0.3) is 0 Å². The number of sulfonamides is 1. The molecule has 3 aromatic rings. The molecule has 1 saturated heterocycles. The van der Waals surface area contributed by atoms with E-state index in [0.29, 0.717) is 16.9 Å². The minimum Gasteiger partial charge on any atom is -0.406 e. The predicted molar refractivity (Wildman–Crippen MR) is 151 cm³/mol. The van der Waals surface area contributed by atoms with E-state index < -0.39 is 33.6 Å². The monoisotopic (exact) mass is 603 g/mol. The van der Waals surface area contributed by atoms with Crippen LogP contribution < -0.4 is 14.4 Å². The summed E-state index contributed by atoms with van der Waals surface area (Å²) in [5.74, 6) is 0.878. The van der Waals surface area contributed by atoms with Crippen molar-refractivity contribution in [2.75, 3.05) is 21.1 Å². The zero-order valence-corrected chi connectivity index (χ0v) is 23.8. The Morgan fingerprint density at radius 2 is 1.85 bits per heavy atom. The van der Waals surface area contributed by atoms with Crippen LogP contribution in [-0.4, -0.2) is 43.2 Å². The Labute approximate surface area is 240 Å². The third kappa shape index (κ3) is 5.27. The molecule has 0 radical (unpaired) electrons. The highest BCUT2D eigenvalue weighted by Crippen LogP contribution is 2.59. The maximum atomic E-state index is 14.3. The van der Waals surface area contributed by atoms with E-state index in [1.807, 2.05) is 24.8 Å². The molecule has 1 unspecified atom stereocenters. The predicted octanol–water partition coefficient (Wildman–Crippen LogP) is 6.29. The van der Waals surface area contributed by atoms with Crippen LogP contribution in [0.15, 0.2) is 65.8 Å². The van der Waals surface area contributed by atoms with E-state index in [1.54, 1.807) is 30.6 Å². The van der Waals surface area contributed by atoms with Crippen LogP contribution in [0.4, 0.5) is 24.5 Å². The fourth-order valence-electron chi connectivity index (χ4n) is 6.21. The summed E-state index contributed by atoms with van der Waals surface area (Å²) in [4.78, 5) is 17.1. The molecule has 1 aliphatic carbocycles. The molecule has 3 heterocycles. The number of carbonyl (C=O) groups excluding carboxylic acids is 1. The number of ether oxygens (including phenoxy) is 1. The average Bonchev–Trinajstić information content (AvgIpc) is 3.72. The van der Waals surface area contributed by atoms with Gasteiger partial charge in [-0.2, -0.15) is 11.8 Å². The molecule has 2 fully saturated rings. The van der Waals surface area contributed by atoms with Crippen LogP contribution in [0.5, 0.6) is 5.75 Å². The first-order valence-corrected chi connectivity index (χ1v) is 15.9. The van der Waals surface area contributed by atoms with Gasteiger partial charge in [0.25, 0.3) is 15.9 Å². The summed E-state index contributed by atoms with van der Waals surface area (Å²) in [5.41, 5.74) is 2.63. The number of nitrogens with one attached hydrogen (secondary N) is 1. The Balaban J connectivity index is 1.44. The number of benzene rings is 2. The van der Waals surface area contributed by atoms with Crippen molar-refractivity contribution in [3.63, 3.8) is 0 Å². The number of rotatable bonds is 6. The number of thioether (sulfide) groups is 1.